The first kappa shape index (κ1) is 14.8. The van der Waals surface area contributed by atoms with Crippen molar-refractivity contribution in [1.29, 1.82) is 0 Å². The molecule has 5 heteroatoms. The number of carbonyl (C=O) groups excluding carboxylic acids is 1. The fourth-order valence-corrected chi connectivity index (χ4v) is 2.46. The predicted octanol–water partition coefficient (Wildman–Crippen LogP) is 1.73. The van der Waals surface area contributed by atoms with E-state index in [1.807, 2.05) is 12.1 Å². The van der Waals surface area contributed by atoms with Gasteiger partial charge in [-0.25, -0.2) is 4.98 Å². The number of nitrogens with zero attached hydrogens (tertiary/aromatic N) is 2. The Balaban J connectivity index is 1.94. The summed E-state index contributed by atoms with van der Waals surface area (Å²) in [5, 5.41) is 6.28. The Morgan fingerprint density at radius 3 is 3.10 bits per heavy atom. The quantitative estimate of drug-likeness (QED) is 0.860. The van der Waals surface area contributed by atoms with Gasteiger partial charge in [-0.15, -0.1) is 0 Å². The lowest BCUT2D eigenvalue weighted by Gasteiger charge is -2.30. The second-order valence-corrected chi connectivity index (χ2v) is 5.41. The first-order chi connectivity index (χ1) is 9.69. The lowest BCUT2D eigenvalue weighted by molar-refractivity contribution is 0.0907. The topological polar surface area (TPSA) is 57.3 Å². The van der Waals surface area contributed by atoms with E-state index in [1.165, 1.54) is 0 Å². The Hall–Kier alpha value is -1.62. The van der Waals surface area contributed by atoms with Crippen molar-refractivity contribution in [3.8, 4) is 0 Å². The molecule has 1 aliphatic rings. The summed E-state index contributed by atoms with van der Waals surface area (Å²) in [7, 11) is 2.09. The fraction of sp³-hybridized carbons (Fsp3) is 0.600. The molecule has 2 N–H and O–H groups in total. The van der Waals surface area contributed by atoms with Crippen molar-refractivity contribution in [2.24, 2.45) is 0 Å². The maximum Gasteiger partial charge on any atom is 0.270 e. The number of carbonyl (C=O) groups is 1. The van der Waals surface area contributed by atoms with Gasteiger partial charge in [-0.3, -0.25) is 4.79 Å². The molecule has 110 valence electrons. The number of rotatable bonds is 5. The second kappa shape index (κ2) is 7.24. The summed E-state index contributed by atoms with van der Waals surface area (Å²) in [5.41, 5.74) is 0.485. The zero-order valence-corrected chi connectivity index (χ0v) is 12.4. The second-order valence-electron chi connectivity index (χ2n) is 5.41. The maximum absolute atomic E-state index is 12.2. The average molecular weight is 276 g/mol. The van der Waals surface area contributed by atoms with E-state index in [1.54, 1.807) is 6.07 Å². The molecule has 1 saturated heterocycles. The number of hydrogen-bond acceptors (Lipinski definition) is 4. The Morgan fingerprint density at radius 1 is 1.50 bits per heavy atom. The molecule has 0 saturated carbocycles. The van der Waals surface area contributed by atoms with E-state index in [0.29, 0.717) is 5.69 Å². The Labute approximate surface area is 120 Å². The monoisotopic (exact) mass is 276 g/mol. The van der Waals surface area contributed by atoms with E-state index in [9.17, 15) is 4.79 Å². The molecule has 0 aromatic carbocycles. The van der Waals surface area contributed by atoms with Gasteiger partial charge in [-0.2, -0.15) is 0 Å². The van der Waals surface area contributed by atoms with Crippen LogP contribution >= 0.6 is 0 Å². The number of likely N-dealkylation sites (tertiary alicyclic amines) is 1. The molecule has 1 aromatic rings. The molecular formula is C15H24N4O. The van der Waals surface area contributed by atoms with Gasteiger partial charge in [-0.05, 0) is 45.0 Å². The van der Waals surface area contributed by atoms with Crippen LogP contribution in [0.5, 0.6) is 0 Å². The number of amides is 1. The highest BCUT2D eigenvalue weighted by Crippen LogP contribution is 2.10. The van der Waals surface area contributed by atoms with Crippen molar-refractivity contribution >= 4 is 11.7 Å². The van der Waals surface area contributed by atoms with Crippen LogP contribution in [0.3, 0.4) is 0 Å². The maximum atomic E-state index is 12.2. The van der Waals surface area contributed by atoms with Crippen molar-refractivity contribution < 1.29 is 4.79 Å². The Morgan fingerprint density at radius 2 is 2.35 bits per heavy atom. The van der Waals surface area contributed by atoms with Gasteiger partial charge in [-0.1, -0.05) is 13.0 Å². The highest BCUT2D eigenvalue weighted by Gasteiger charge is 2.20. The van der Waals surface area contributed by atoms with Gasteiger partial charge in [0.1, 0.15) is 11.5 Å². The molecule has 0 aliphatic carbocycles. The summed E-state index contributed by atoms with van der Waals surface area (Å²) in [6.07, 6.45) is 3.21. The number of likely N-dealkylation sites (N-methyl/N-ethyl adjacent to an activating group) is 1. The standard InChI is InChI=1S/C15H24N4O/c1-3-9-16-14-8-4-7-13(18-14)15(20)17-12-6-5-10-19(2)11-12/h4,7-8,12H,3,5-6,9-11H2,1-2H3,(H,16,18)(H,17,20). The minimum atomic E-state index is -0.0783. The van der Waals surface area contributed by atoms with Crippen molar-refractivity contribution in [3.63, 3.8) is 0 Å². The van der Waals surface area contributed by atoms with Crippen LogP contribution in [-0.4, -0.2) is 48.5 Å². The highest BCUT2D eigenvalue weighted by molar-refractivity contribution is 5.92. The normalized spacial score (nSPS) is 19.6. The van der Waals surface area contributed by atoms with Crippen molar-refractivity contribution in [1.82, 2.24) is 15.2 Å². The number of aromatic nitrogens is 1. The Kier molecular flexibility index (Phi) is 5.35. The van der Waals surface area contributed by atoms with Gasteiger partial charge < -0.3 is 15.5 Å². The predicted molar refractivity (Wildman–Crippen MR) is 81.0 cm³/mol. The zero-order valence-electron chi connectivity index (χ0n) is 12.4. The van der Waals surface area contributed by atoms with Crippen LogP contribution in [-0.2, 0) is 0 Å². The largest absolute Gasteiger partial charge is 0.370 e. The van der Waals surface area contributed by atoms with E-state index in [0.717, 1.165) is 44.7 Å². The third-order valence-electron chi connectivity index (χ3n) is 3.50. The molecule has 1 aromatic heterocycles. The number of hydrogen-bond donors (Lipinski definition) is 2. The molecule has 1 fully saturated rings. The first-order valence-electron chi connectivity index (χ1n) is 7.39. The number of pyridine rings is 1. The first-order valence-corrected chi connectivity index (χ1v) is 7.39. The van der Waals surface area contributed by atoms with Crippen molar-refractivity contribution in [3.05, 3.63) is 23.9 Å². The van der Waals surface area contributed by atoms with Gasteiger partial charge in [0.05, 0.1) is 0 Å². The molecule has 20 heavy (non-hydrogen) atoms. The number of anilines is 1. The van der Waals surface area contributed by atoms with Gasteiger partial charge in [0, 0.05) is 19.1 Å². The van der Waals surface area contributed by atoms with Crippen LogP contribution in [0, 0.1) is 0 Å². The molecule has 1 atom stereocenters. The van der Waals surface area contributed by atoms with Crippen LogP contribution in [0.4, 0.5) is 5.82 Å². The number of piperidine rings is 1. The van der Waals surface area contributed by atoms with Crippen LogP contribution in [0.25, 0.3) is 0 Å². The van der Waals surface area contributed by atoms with Gasteiger partial charge in [0.2, 0.25) is 0 Å². The molecule has 2 rings (SSSR count). The van der Waals surface area contributed by atoms with E-state index >= 15 is 0 Å². The minimum Gasteiger partial charge on any atom is -0.370 e. The molecule has 1 aliphatic heterocycles. The van der Waals surface area contributed by atoms with Gasteiger partial charge in [0.15, 0.2) is 0 Å². The molecule has 0 spiro atoms. The SMILES string of the molecule is CCCNc1cccc(C(=O)NC2CCCN(C)C2)n1. The van der Waals surface area contributed by atoms with Crippen molar-refractivity contribution in [2.45, 2.75) is 32.2 Å². The molecule has 1 amide bonds. The van der Waals surface area contributed by atoms with E-state index in [4.69, 9.17) is 0 Å². The lowest BCUT2D eigenvalue weighted by Crippen LogP contribution is -2.46. The average Bonchev–Trinajstić information content (AvgIpc) is 2.45. The van der Waals surface area contributed by atoms with Crippen LogP contribution in [0.1, 0.15) is 36.7 Å². The summed E-state index contributed by atoms with van der Waals surface area (Å²) in [5.74, 6) is 0.686. The van der Waals surface area contributed by atoms with Gasteiger partial charge >= 0.3 is 0 Å². The zero-order chi connectivity index (χ0) is 14.4. The Bertz CT molecular complexity index is 449. The van der Waals surface area contributed by atoms with Crippen LogP contribution < -0.4 is 10.6 Å². The smallest absolute Gasteiger partial charge is 0.270 e. The summed E-state index contributed by atoms with van der Waals surface area (Å²) >= 11 is 0. The van der Waals surface area contributed by atoms with E-state index in [2.05, 4.69) is 34.5 Å². The summed E-state index contributed by atoms with van der Waals surface area (Å²) in [4.78, 5) is 18.8. The molecule has 0 radical (unpaired) electrons. The summed E-state index contributed by atoms with van der Waals surface area (Å²) < 4.78 is 0. The molecule has 0 bridgehead atoms. The number of nitrogens with one attached hydrogen (secondary N) is 2. The van der Waals surface area contributed by atoms with E-state index in [-0.39, 0.29) is 11.9 Å². The highest BCUT2D eigenvalue weighted by atomic mass is 16.1. The lowest BCUT2D eigenvalue weighted by atomic mass is 10.1. The summed E-state index contributed by atoms with van der Waals surface area (Å²) in [6, 6.07) is 5.75. The van der Waals surface area contributed by atoms with E-state index < -0.39 is 0 Å². The summed E-state index contributed by atoms with van der Waals surface area (Å²) in [6.45, 7) is 5.00. The van der Waals surface area contributed by atoms with Crippen molar-refractivity contribution in [2.75, 3.05) is 32.0 Å². The van der Waals surface area contributed by atoms with Crippen LogP contribution in [0.15, 0.2) is 18.2 Å². The van der Waals surface area contributed by atoms with Gasteiger partial charge in [0.25, 0.3) is 5.91 Å². The third-order valence-corrected chi connectivity index (χ3v) is 3.50. The molecule has 1 unspecified atom stereocenters. The minimum absolute atomic E-state index is 0.0783. The third kappa shape index (κ3) is 4.20. The molecule has 5 nitrogen and oxygen atoms in total. The molecule has 2 heterocycles. The molecular weight excluding hydrogens is 252 g/mol. The van der Waals surface area contributed by atoms with Crippen LogP contribution in [0.2, 0.25) is 0 Å². The fourth-order valence-electron chi connectivity index (χ4n) is 2.46.